The lowest BCUT2D eigenvalue weighted by Crippen LogP contribution is -2.01. The molecule has 0 radical (unpaired) electrons. The fraction of sp³-hybridized carbons (Fsp3) is 0.520. The number of ether oxygens (including phenoxy) is 1. The van der Waals surface area contributed by atoms with Crippen LogP contribution >= 0.6 is 0 Å². The van der Waals surface area contributed by atoms with E-state index >= 15 is 0 Å². The van der Waals surface area contributed by atoms with Crippen LogP contribution in [0.15, 0.2) is 47.4 Å². The van der Waals surface area contributed by atoms with Gasteiger partial charge in [-0.05, 0) is 36.6 Å². The topological polar surface area (TPSA) is 83.8 Å². The molecule has 0 atom stereocenters. The molecule has 0 amide bonds. The van der Waals surface area contributed by atoms with Crippen molar-refractivity contribution in [3.05, 3.63) is 48.0 Å². The van der Waals surface area contributed by atoms with Crippen LogP contribution < -0.4 is 4.74 Å². The van der Waals surface area contributed by atoms with Crippen LogP contribution in [0.25, 0.3) is 0 Å². The average Bonchev–Trinajstić information content (AvgIpc) is 2.73. The number of benzene rings is 2. The van der Waals surface area contributed by atoms with Crippen molar-refractivity contribution in [1.82, 2.24) is 0 Å². The third-order valence-corrected chi connectivity index (χ3v) is 6.32. The zero-order valence-corrected chi connectivity index (χ0v) is 19.4. The van der Waals surface area contributed by atoms with Gasteiger partial charge in [-0.1, -0.05) is 89.3 Å². The Morgan fingerprint density at radius 1 is 0.806 bits per heavy atom. The molecular formula is C25H36O5S. The second kappa shape index (κ2) is 13.4. The Kier molecular flexibility index (Phi) is 10.9. The molecule has 2 N–H and O–H groups in total. The molecule has 0 aliphatic carbocycles. The molecule has 0 aromatic heterocycles. The Balaban J connectivity index is 1.87. The summed E-state index contributed by atoms with van der Waals surface area (Å²) in [6.45, 7) is 2.24. The maximum Gasteiger partial charge on any atom is 0.298 e. The standard InChI is InChI=1S/C25H36O5S/c1-2-3-4-5-6-7-8-9-10-11-13-16-21-19-23(26)25(31(27,28)29)20-24(21)30-22-17-14-12-15-18-22/h12,14-15,17-20,26H,2-11,13,16H2,1H3,(H,27,28,29). The number of aryl methyl sites for hydroxylation is 1. The SMILES string of the molecule is CCCCCCCCCCCCCc1cc(O)c(S(=O)(=O)O)cc1Oc1ccccc1. The summed E-state index contributed by atoms with van der Waals surface area (Å²) in [4.78, 5) is -0.541. The minimum atomic E-state index is -4.54. The summed E-state index contributed by atoms with van der Waals surface area (Å²) in [6.07, 6.45) is 14.3. The highest BCUT2D eigenvalue weighted by atomic mass is 32.2. The number of aromatic hydroxyl groups is 1. The van der Waals surface area contributed by atoms with Crippen molar-refractivity contribution < 1.29 is 22.8 Å². The van der Waals surface area contributed by atoms with E-state index in [2.05, 4.69) is 6.92 Å². The van der Waals surface area contributed by atoms with Crippen LogP contribution in [0.5, 0.6) is 17.2 Å². The normalized spacial score (nSPS) is 11.5. The van der Waals surface area contributed by atoms with Crippen molar-refractivity contribution in [2.24, 2.45) is 0 Å². The van der Waals surface area contributed by atoms with E-state index in [4.69, 9.17) is 4.74 Å². The molecule has 0 fully saturated rings. The predicted octanol–water partition coefficient (Wildman–Crippen LogP) is 7.28. The van der Waals surface area contributed by atoms with Crippen molar-refractivity contribution in [3.8, 4) is 17.2 Å². The second-order valence-electron chi connectivity index (χ2n) is 8.10. The number of phenols is 1. The molecule has 0 unspecified atom stereocenters. The first-order chi connectivity index (χ1) is 14.9. The van der Waals surface area contributed by atoms with Gasteiger partial charge in [-0.3, -0.25) is 4.55 Å². The molecule has 0 heterocycles. The number of phenolic OH excluding ortho intramolecular Hbond substituents is 1. The van der Waals surface area contributed by atoms with Crippen LogP contribution in [0, 0.1) is 0 Å². The van der Waals surface area contributed by atoms with Gasteiger partial charge in [-0.2, -0.15) is 8.42 Å². The van der Waals surface area contributed by atoms with E-state index in [1.807, 2.05) is 18.2 Å². The summed E-state index contributed by atoms with van der Waals surface area (Å²) in [5, 5.41) is 10.1. The van der Waals surface area contributed by atoms with Crippen LogP contribution in [0.4, 0.5) is 0 Å². The van der Waals surface area contributed by atoms with Crippen LogP contribution in [0.1, 0.15) is 83.1 Å². The molecule has 0 saturated heterocycles. The van der Waals surface area contributed by atoms with Gasteiger partial charge < -0.3 is 9.84 Å². The summed E-state index contributed by atoms with van der Waals surface area (Å²) >= 11 is 0. The first kappa shape index (κ1) is 25.2. The monoisotopic (exact) mass is 448 g/mol. The van der Waals surface area contributed by atoms with Gasteiger partial charge in [0.05, 0.1) is 0 Å². The van der Waals surface area contributed by atoms with Gasteiger partial charge in [0.2, 0.25) is 0 Å². The van der Waals surface area contributed by atoms with Crippen LogP contribution in [0.3, 0.4) is 0 Å². The first-order valence-corrected chi connectivity index (χ1v) is 12.9. The molecule has 0 aliphatic heterocycles. The molecule has 2 rings (SSSR count). The van der Waals surface area contributed by atoms with Gasteiger partial charge in [-0.25, -0.2) is 0 Å². The van der Waals surface area contributed by atoms with Gasteiger partial charge in [-0.15, -0.1) is 0 Å². The van der Waals surface area contributed by atoms with Crippen molar-refractivity contribution >= 4 is 10.1 Å². The van der Waals surface area contributed by atoms with E-state index in [1.54, 1.807) is 12.1 Å². The van der Waals surface area contributed by atoms with Gasteiger partial charge in [0, 0.05) is 6.07 Å². The molecular weight excluding hydrogens is 412 g/mol. The highest BCUT2D eigenvalue weighted by Crippen LogP contribution is 2.35. The van der Waals surface area contributed by atoms with E-state index in [-0.39, 0.29) is 0 Å². The zero-order valence-electron chi connectivity index (χ0n) is 18.6. The fourth-order valence-corrected chi connectivity index (χ4v) is 4.26. The highest BCUT2D eigenvalue weighted by molar-refractivity contribution is 7.86. The third kappa shape index (κ3) is 9.32. The van der Waals surface area contributed by atoms with Crippen LogP contribution in [-0.2, 0) is 16.5 Å². The molecule has 2 aromatic carbocycles. The Bertz CT molecular complexity index is 878. The summed E-state index contributed by atoms with van der Waals surface area (Å²) in [5.41, 5.74) is 0.727. The molecule has 0 spiro atoms. The minimum absolute atomic E-state index is 0.337. The summed E-state index contributed by atoms with van der Waals surface area (Å²) in [6, 6.07) is 11.6. The van der Waals surface area contributed by atoms with E-state index in [1.165, 1.54) is 69.9 Å². The van der Waals surface area contributed by atoms with Gasteiger partial charge in [0.15, 0.2) is 0 Å². The molecule has 0 aliphatic rings. The van der Waals surface area contributed by atoms with Crippen molar-refractivity contribution in [2.45, 2.75) is 88.9 Å². The zero-order chi connectivity index (χ0) is 22.5. The quantitative estimate of drug-likeness (QED) is 0.221. The number of para-hydroxylation sites is 1. The summed E-state index contributed by atoms with van der Waals surface area (Å²) in [7, 11) is -4.54. The van der Waals surface area contributed by atoms with Crippen molar-refractivity contribution in [1.29, 1.82) is 0 Å². The third-order valence-electron chi connectivity index (χ3n) is 5.44. The van der Waals surface area contributed by atoms with E-state index in [0.717, 1.165) is 18.4 Å². The molecule has 2 aromatic rings. The molecule has 172 valence electrons. The second-order valence-corrected chi connectivity index (χ2v) is 9.49. The van der Waals surface area contributed by atoms with E-state index in [9.17, 15) is 18.1 Å². The summed E-state index contributed by atoms with van der Waals surface area (Å²) in [5.74, 6) is 0.444. The number of hydrogen-bond donors (Lipinski definition) is 2. The molecule has 5 nitrogen and oxygen atoms in total. The van der Waals surface area contributed by atoms with Gasteiger partial charge >= 0.3 is 0 Å². The number of unbranched alkanes of at least 4 members (excludes halogenated alkanes) is 10. The fourth-order valence-electron chi connectivity index (χ4n) is 3.69. The first-order valence-electron chi connectivity index (χ1n) is 11.5. The maximum absolute atomic E-state index is 11.6. The molecule has 0 saturated carbocycles. The maximum atomic E-state index is 11.6. The Morgan fingerprint density at radius 2 is 1.35 bits per heavy atom. The lowest BCUT2D eigenvalue weighted by Gasteiger charge is -2.14. The van der Waals surface area contributed by atoms with E-state index in [0.29, 0.717) is 17.9 Å². The largest absolute Gasteiger partial charge is 0.506 e. The lowest BCUT2D eigenvalue weighted by atomic mass is 10.0. The Labute approximate surface area is 187 Å². The van der Waals surface area contributed by atoms with Crippen molar-refractivity contribution in [3.63, 3.8) is 0 Å². The van der Waals surface area contributed by atoms with E-state index < -0.39 is 20.8 Å². The smallest absolute Gasteiger partial charge is 0.298 e. The lowest BCUT2D eigenvalue weighted by molar-refractivity contribution is 0.432. The molecule has 6 heteroatoms. The minimum Gasteiger partial charge on any atom is -0.506 e. The van der Waals surface area contributed by atoms with Gasteiger partial charge in [0.25, 0.3) is 10.1 Å². The van der Waals surface area contributed by atoms with Crippen LogP contribution in [-0.4, -0.2) is 18.1 Å². The summed E-state index contributed by atoms with van der Waals surface area (Å²) < 4.78 is 38.4. The Morgan fingerprint density at radius 3 is 1.90 bits per heavy atom. The predicted molar refractivity (Wildman–Crippen MR) is 125 cm³/mol. The average molecular weight is 449 g/mol. The highest BCUT2D eigenvalue weighted by Gasteiger charge is 2.20. The number of hydrogen-bond acceptors (Lipinski definition) is 4. The van der Waals surface area contributed by atoms with Gasteiger partial charge in [0.1, 0.15) is 22.1 Å². The number of rotatable bonds is 15. The molecule has 0 bridgehead atoms. The Hall–Kier alpha value is -2.05. The molecule has 31 heavy (non-hydrogen) atoms. The van der Waals surface area contributed by atoms with Crippen LogP contribution in [0.2, 0.25) is 0 Å². The van der Waals surface area contributed by atoms with Crippen molar-refractivity contribution in [2.75, 3.05) is 0 Å².